The number of carbonyl (C=O) groups excluding carboxylic acids is 3. The minimum atomic E-state index is -1.44. The number of nitrogens with one attached hydrogen (secondary N) is 1. The lowest BCUT2D eigenvalue weighted by Gasteiger charge is -2.34. The Morgan fingerprint density at radius 1 is 1.00 bits per heavy atom. The van der Waals surface area contributed by atoms with E-state index < -0.39 is 29.6 Å². The summed E-state index contributed by atoms with van der Waals surface area (Å²) in [5, 5.41) is 2.74. The number of carbonyl (C=O) groups is 3. The van der Waals surface area contributed by atoms with E-state index in [-0.39, 0.29) is 31.5 Å². The average molecular weight is 514 g/mol. The van der Waals surface area contributed by atoms with Gasteiger partial charge in [0.05, 0.1) is 13.0 Å². The molecule has 1 saturated heterocycles. The number of benzene rings is 2. The lowest BCUT2D eigenvalue weighted by atomic mass is 9.77. The molecule has 0 aliphatic carbocycles. The molecule has 3 unspecified atom stereocenters. The Hall–Kier alpha value is -3.59. The van der Waals surface area contributed by atoms with E-state index in [2.05, 4.69) is 5.32 Å². The van der Waals surface area contributed by atoms with Crippen molar-refractivity contribution < 1.29 is 38.4 Å². The standard InChI is InChI=1S/C28H35NO8/c1-5-20(3)28(29-27(32)35-18-21-9-7-6-8-10-21)24(36-37-26(28)31)16-11-19(2)25(30)34-17-22-12-14-23(33-4)15-13-22/h6-10,12-15,19-20,24H,5,11,16-18H2,1-4H3,(H,29,32)/t19?,20?,24?,28-/m1/s1. The fraction of sp³-hybridized carbons (Fsp3) is 0.464. The summed E-state index contributed by atoms with van der Waals surface area (Å²) >= 11 is 0. The summed E-state index contributed by atoms with van der Waals surface area (Å²) < 4.78 is 15.9. The first-order valence-corrected chi connectivity index (χ1v) is 12.5. The quantitative estimate of drug-likeness (QED) is 0.321. The highest BCUT2D eigenvalue weighted by Crippen LogP contribution is 2.36. The van der Waals surface area contributed by atoms with Gasteiger partial charge in [-0.15, -0.1) is 0 Å². The molecule has 0 aromatic heterocycles. The summed E-state index contributed by atoms with van der Waals surface area (Å²) in [6.07, 6.45) is -0.317. The van der Waals surface area contributed by atoms with Crippen molar-refractivity contribution in [1.82, 2.24) is 5.32 Å². The van der Waals surface area contributed by atoms with Crippen molar-refractivity contribution in [3.63, 3.8) is 0 Å². The zero-order chi connectivity index (χ0) is 26.8. The van der Waals surface area contributed by atoms with E-state index in [4.69, 9.17) is 24.0 Å². The normalized spacial score (nSPS) is 20.4. The zero-order valence-corrected chi connectivity index (χ0v) is 21.7. The Morgan fingerprint density at radius 2 is 1.65 bits per heavy atom. The van der Waals surface area contributed by atoms with Crippen molar-refractivity contribution in [2.45, 2.75) is 64.9 Å². The summed E-state index contributed by atoms with van der Waals surface area (Å²) in [4.78, 5) is 48.5. The first kappa shape index (κ1) is 28.0. The molecule has 0 radical (unpaired) electrons. The van der Waals surface area contributed by atoms with Crippen LogP contribution in [-0.4, -0.2) is 36.8 Å². The second-order valence-corrected chi connectivity index (χ2v) is 9.25. The highest BCUT2D eigenvalue weighted by molar-refractivity contribution is 5.87. The minimum absolute atomic E-state index is 0.0564. The van der Waals surface area contributed by atoms with E-state index in [1.807, 2.05) is 56.3 Å². The number of hydrogen-bond donors (Lipinski definition) is 1. The Balaban J connectivity index is 1.59. The minimum Gasteiger partial charge on any atom is -0.497 e. The molecule has 0 bridgehead atoms. The van der Waals surface area contributed by atoms with Gasteiger partial charge in [0, 0.05) is 0 Å². The van der Waals surface area contributed by atoms with Gasteiger partial charge in [-0.2, -0.15) is 4.89 Å². The zero-order valence-electron chi connectivity index (χ0n) is 21.7. The van der Waals surface area contributed by atoms with Crippen molar-refractivity contribution >= 4 is 18.0 Å². The van der Waals surface area contributed by atoms with Crippen molar-refractivity contribution in [3.05, 3.63) is 65.7 Å². The molecule has 0 spiro atoms. The summed E-state index contributed by atoms with van der Waals surface area (Å²) in [6, 6.07) is 16.5. The maximum Gasteiger partial charge on any atom is 0.408 e. The monoisotopic (exact) mass is 513 g/mol. The molecule has 9 nitrogen and oxygen atoms in total. The Bertz CT molecular complexity index is 1040. The molecule has 1 aliphatic rings. The molecule has 1 fully saturated rings. The van der Waals surface area contributed by atoms with E-state index in [1.165, 1.54) is 0 Å². The molecule has 2 aromatic rings. The van der Waals surface area contributed by atoms with Crippen LogP contribution < -0.4 is 10.1 Å². The van der Waals surface area contributed by atoms with Crippen LogP contribution in [0.2, 0.25) is 0 Å². The molecule has 1 heterocycles. The molecule has 9 heteroatoms. The summed E-state index contributed by atoms with van der Waals surface area (Å²) in [5.41, 5.74) is 0.224. The van der Waals surface area contributed by atoms with Gasteiger partial charge in [0.15, 0.2) is 5.54 Å². The van der Waals surface area contributed by atoms with Gasteiger partial charge >= 0.3 is 18.0 Å². The predicted molar refractivity (Wildman–Crippen MR) is 134 cm³/mol. The van der Waals surface area contributed by atoms with E-state index in [0.717, 1.165) is 16.9 Å². The number of hydrogen-bond acceptors (Lipinski definition) is 8. The highest BCUT2D eigenvalue weighted by atomic mass is 17.2. The summed E-state index contributed by atoms with van der Waals surface area (Å²) in [7, 11) is 1.59. The number of rotatable bonds is 12. The smallest absolute Gasteiger partial charge is 0.408 e. The van der Waals surface area contributed by atoms with Gasteiger partial charge in [-0.25, -0.2) is 9.59 Å². The molecule has 37 heavy (non-hydrogen) atoms. The highest BCUT2D eigenvalue weighted by Gasteiger charge is 2.59. The third-order valence-electron chi connectivity index (χ3n) is 6.80. The van der Waals surface area contributed by atoms with E-state index in [1.54, 1.807) is 26.2 Å². The van der Waals surface area contributed by atoms with Crippen LogP contribution in [-0.2, 0) is 42.1 Å². The van der Waals surface area contributed by atoms with Crippen LogP contribution in [0.5, 0.6) is 5.75 Å². The molecule has 1 aliphatic heterocycles. The topological polar surface area (TPSA) is 109 Å². The van der Waals surface area contributed by atoms with Crippen molar-refractivity contribution in [1.29, 1.82) is 0 Å². The predicted octanol–water partition coefficient (Wildman–Crippen LogP) is 4.72. The molecule has 200 valence electrons. The molecule has 1 amide bonds. The van der Waals surface area contributed by atoms with Crippen molar-refractivity contribution in [2.75, 3.05) is 7.11 Å². The second kappa shape index (κ2) is 13.1. The fourth-order valence-corrected chi connectivity index (χ4v) is 4.21. The Morgan fingerprint density at radius 3 is 2.30 bits per heavy atom. The second-order valence-electron chi connectivity index (χ2n) is 9.25. The van der Waals surface area contributed by atoms with Crippen LogP contribution in [0.4, 0.5) is 4.79 Å². The Kier molecular flexibility index (Phi) is 9.91. The number of methoxy groups -OCH3 is 1. The first-order chi connectivity index (χ1) is 17.8. The van der Waals surface area contributed by atoms with Gasteiger partial charge in [0.25, 0.3) is 0 Å². The third-order valence-corrected chi connectivity index (χ3v) is 6.80. The van der Waals surface area contributed by atoms with E-state index >= 15 is 0 Å². The van der Waals surface area contributed by atoms with E-state index in [0.29, 0.717) is 12.8 Å². The van der Waals surface area contributed by atoms with Crippen LogP contribution in [0.25, 0.3) is 0 Å². The van der Waals surface area contributed by atoms with Crippen LogP contribution in [0, 0.1) is 11.8 Å². The van der Waals surface area contributed by atoms with Crippen molar-refractivity contribution in [2.24, 2.45) is 11.8 Å². The number of alkyl carbamates (subject to hydrolysis) is 1. The van der Waals surface area contributed by atoms with Gasteiger partial charge in [0.1, 0.15) is 25.1 Å². The molecule has 1 N–H and O–H groups in total. The maximum atomic E-state index is 12.9. The van der Waals surface area contributed by atoms with Gasteiger partial charge in [-0.1, -0.05) is 69.7 Å². The number of esters is 1. The lowest BCUT2D eigenvalue weighted by molar-refractivity contribution is -0.264. The molecule has 0 saturated carbocycles. The van der Waals surface area contributed by atoms with Gasteiger partial charge in [0.2, 0.25) is 0 Å². The van der Waals surface area contributed by atoms with Crippen molar-refractivity contribution in [3.8, 4) is 5.75 Å². The maximum absolute atomic E-state index is 12.9. The molecular weight excluding hydrogens is 478 g/mol. The molecule has 4 atom stereocenters. The molecular formula is C28H35NO8. The summed E-state index contributed by atoms with van der Waals surface area (Å²) in [5.74, 6) is -1.10. The van der Waals surface area contributed by atoms with Gasteiger partial charge in [-0.05, 0) is 42.0 Å². The Labute approximate surface area is 217 Å². The van der Waals surface area contributed by atoms with Crippen LogP contribution in [0.3, 0.4) is 0 Å². The SMILES string of the molecule is CCC(C)[C@]1(NC(=O)OCc2ccccc2)C(=O)OOC1CCC(C)C(=O)OCc1ccc(OC)cc1. The third kappa shape index (κ3) is 7.01. The summed E-state index contributed by atoms with van der Waals surface area (Å²) in [6.45, 7) is 5.69. The van der Waals surface area contributed by atoms with E-state index in [9.17, 15) is 14.4 Å². The number of amides is 1. The van der Waals surface area contributed by atoms with Gasteiger partial charge in [-0.3, -0.25) is 9.68 Å². The first-order valence-electron chi connectivity index (χ1n) is 12.5. The average Bonchev–Trinajstić information content (AvgIpc) is 3.24. The molecule has 2 aromatic carbocycles. The fourth-order valence-electron chi connectivity index (χ4n) is 4.21. The lowest BCUT2D eigenvalue weighted by Crippen LogP contribution is -2.62. The molecule has 3 rings (SSSR count). The van der Waals surface area contributed by atoms with Gasteiger partial charge < -0.3 is 19.5 Å². The van der Waals surface area contributed by atoms with Crippen LogP contribution >= 0.6 is 0 Å². The van der Waals surface area contributed by atoms with Crippen LogP contribution in [0.15, 0.2) is 54.6 Å². The largest absolute Gasteiger partial charge is 0.497 e. The van der Waals surface area contributed by atoms with Crippen LogP contribution in [0.1, 0.15) is 51.2 Å². The number of ether oxygens (including phenoxy) is 3.